The first-order valence-electron chi connectivity index (χ1n) is 5.31. The van der Waals surface area contributed by atoms with Crippen LogP contribution >= 0.6 is 0 Å². The van der Waals surface area contributed by atoms with E-state index in [9.17, 15) is 5.11 Å². The molecule has 1 aromatic rings. The van der Waals surface area contributed by atoms with E-state index in [1.165, 1.54) is 6.07 Å². The maximum absolute atomic E-state index is 9.68. The Hall–Kier alpha value is -1.71. The predicted molar refractivity (Wildman–Crippen MR) is 62.5 cm³/mol. The summed E-state index contributed by atoms with van der Waals surface area (Å²) in [5, 5.41) is 21.8. The van der Waals surface area contributed by atoms with Crippen LogP contribution in [-0.4, -0.2) is 23.1 Å². The Kier molecular flexibility index (Phi) is 4.64. The Morgan fingerprint density at radius 2 is 2.19 bits per heavy atom. The van der Waals surface area contributed by atoms with Gasteiger partial charge in [-0.1, -0.05) is 18.5 Å². The van der Waals surface area contributed by atoms with Crippen LogP contribution in [0, 0.1) is 0 Å². The molecule has 0 spiro atoms. The van der Waals surface area contributed by atoms with Crippen LogP contribution in [0.2, 0.25) is 0 Å². The fourth-order valence-electron chi connectivity index (χ4n) is 1.46. The van der Waals surface area contributed by atoms with Gasteiger partial charge < -0.3 is 15.1 Å². The number of unbranched alkanes of at least 4 members (excludes halogenated alkanes) is 1. The summed E-state index contributed by atoms with van der Waals surface area (Å²) in [4.78, 5) is 0. The normalized spacial score (nSPS) is 11.5. The molecule has 0 radical (unpaired) electrons. The van der Waals surface area contributed by atoms with Gasteiger partial charge in [-0.15, -0.1) is 0 Å². The molecule has 4 nitrogen and oxygen atoms in total. The molecule has 16 heavy (non-hydrogen) atoms. The third kappa shape index (κ3) is 2.89. The highest BCUT2D eigenvalue weighted by Crippen LogP contribution is 2.25. The Balaban J connectivity index is 2.99. The minimum atomic E-state index is 0.102. The first-order chi connectivity index (χ1) is 7.72. The Morgan fingerprint density at radius 3 is 2.75 bits per heavy atom. The van der Waals surface area contributed by atoms with Gasteiger partial charge in [0.1, 0.15) is 11.5 Å². The monoisotopic (exact) mass is 223 g/mol. The summed E-state index contributed by atoms with van der Waals surface area (Å²) in [5.74, 6) is 0.732. The van der Waals surface area contributed by atoms with Crippen molar-refractivity contribution in [3.05, 3.63) is 23.8 Å². The van der Waals surface area contributed by atoms with Gasteiger partial charge in [-0.25, -0.2) is 0 Å². The van der Waals surface area contributed by atoms with Crippen LogP contribution in [-0.2, 0) is 0 Å². The zero-order valence-corrected chi connectivity index (χ0v) is 9.60. The molecule has 88 valence electrons. The topological polar surface area (TPSA) is 62.1 Å². The standard InChI is InChI=1S/C12H17NO3/c1-3-4-5-11(13-15)10-8-9(16-2)6-7-12(10)14/h6-8,14-15H,3-5H2,1-2H3/b13-11-. The number of hydrogen-bond acceptors (Lipinski definition) is 4. The average Bonchev–Trinajstić information content (AvgIpc) is 2.32. The minimum absolute atomic E-state index is 0.102. The van der Waals surface area contributed by atoms with E-state index in [0.29, 0.717) is 23.4 Å². The molecule has 0 saturated carbocycles. The first kappa shape index (κ1) is 12.4. The van der Waals surface area contributed by atoms with E-state index in [1.54, 1.807) is 19.2 Å². The number of rotatable bonds is 5. The number of hydrogen-bond donors (Lipinski definition) is 2. The number of aromatic hydroxyl groups is 1. The number of phenols is 1. The molecule has 0 aliphatic carbocycles. The maximum atomic E-state index is 9.68. The number of benzene rings is 1. The molecule has 0 bridgehead atoms. The molecule has 4 heteroatoms. The van der Waals surface area contributed by atoms with E-state index in [-0.39, 0.29) is 5.75 Å². The number of ether oxygens (including phenoxy) is 1. The van der Waals surface area contributed by atoms with E-state index in [0.717, 1.165) is 12.8 Å². The third-order valence-electron chi connectivity index (χ3n) is 2.40. The summed E-state index contributed by atoms with van der Waals surface area (Å²) >= 11 is 0. The summed E-state index contributed by atoms with van der Waals surface area (Å²) in [7, 11) is 1.55. The molecule has 0 aromatic heterocycles. The number of methoxy groups -OCH3 is 1. The molecular formula is C12H17NO3. The second-order valence-electron chi connectivity index (χ2n) is 3.53. The molecule has 1 aromatic carbocycles. The SMILES string of the molecule is CCCC/C(=N/O)c1cc(OC)ccc1O. The highest BCUT2D eigenvalue weighted by Gasteiger charge is 2.10. The van der Waals surface area contributed by atoms with Crippen LogP contribution in [0.1, 0.15) is 31.7 Å². The van der Waals surface area contributed by atoms with Crippen LogP contribution in [0.25, 0.3) is 0 Å². The summed E-state index contributed by atoms with van der Waals surface area (Å²) < 4.78 is 5.06. The molecule has 0 unspecified atom stereocenters. The van der Waals surface area contributed by atoms with E-state index >= 15 is 0 Å². The zero-order chi connectivity index (χ0) is 12.0. The van der Waals surface area contributed by atoms with Crippen molar-refractivity contribution in [2.75, 3.05) is 7.11 Å². The lowest BCUT2D eigenvalue weighted by molar-refractivity contribution is 0.317. The fourth-order valence-corrected chi connectivity index (χ4v) is 1.46. The summed E-state index contributed by atoms with van der Waals surface area (Å²) in [6, 6.07) is 4.86. The van der Waals surface area contributed by atoms with E-state index in [1.807, 2.05) is 0 Å². The smallest absolute Gasteiger partial charge is 0.125 e. The Labute approximate surface area is 95.2 Å². The van der Waals surface area contributed by atoms with Gasteiger partial charge in [-0.2, -0.15) is 0 Å². The van der Waals surface area contributed by atoms with E-state index < -0.39 is 0 Å². The van der Waals surface area contributed by atoms with Crippen molar-refractivity contribution in [1.29, 1.82) is 0 Å². The lowest BCUT2D eigenvalue weighted by atomic mass is 10.0. The van der Waals surface area contributed by atoms with Crippen LogP contribution in [0.3, 0.4) is 0 Å². The van der Waals surface area contributed by atoms with Crippen molar-refractivity contribution in [2.24, 2.45) is 5.16 Å². The van der Waals surface area contributed by atoms with Gasteiger partial charge in [-0.3, -0.25) is 0 Å². The van der Waals surface area contributed by atoms with E-state index in [2.05, 4.69) is 12.1 Å². The zero-order valence-electron chi connectivity index (χ0n) is 9.60. The van der Waals surface area contributed by atoms with Crippen molar-refractivity contribution in [3.63, 3.8) is 0 Å². The van der Waals surface area contributed by atoms with Gasteiger partial charge >= 0.3 is 0 Å². The Bertz CT molecular complexity index is 375. The van der Waals surface area contributed by atoms with Crippen LogP contribution in [0.15, 0.2) is 23.4 Å². The van der Waals surface area contributed by atoms with Crippen molar-refractivity contribution >= 4 is 5.71 Å². The second kappa shape index (κ2) is 6.00. The molecule has 0 saturated heterocycles. The maximum Gasteiger partial charge on any atom is 0.125 e. The van der Waals surface area contributed by atoms with Gasteiger partial charge in [0.2, 0.25) is 0 Å². The first-order valence-corrected chi connectivity index (χ1v) is 5.31. The van der Waals surface area contributed by atoms with Crippen molar-refractivity contribution in [1.82, 2.24) is 0 Å². The predicted octanol–water partition coefficient (Wildman–Crippen LogP) is 2.77. The fraction of sp³-hybridized carbons (Fsp3) is 0.417. The van der Waals surface area contributed by atoms with E-state index in [4.69, 9.17) is 9.94 Å². The lowest BCUT2D eigenvalue weighted by Crippen LogP contribution is -2.02. The van der Waals surface area contributed by atoms with Gasteiger partial charge in [0.25, 0.3) is 0 Å². The highest BCUT2D eigenvalue weighted by molar-refractivity contribution is 6.02. The summed E-state index contributed by atoms with van der Waals surface area (Å²) in [5.41, 5.74) is 1.01. The molecule has 0 fully saturated rings. The van der Waals surface area contributed by atoms with Gasteiger partial charge in [0, 0.05) is 5.56 Å². The van der Waals surface area contributed by atoms with Crippen LogP contribution < -0.4 is 4.74 Å². The minimum Gasteiger partial charge on any atom is -0.507 e. The largest absolute Gasteiger partial charge is 0.507 e. The highest BCUT2D eigenvalue weighted by atomic mass is 16.5. The molecule has 0 amide bonds. The Morgan fingerprint density at radius 1 is 1.44 bits per heavy atom. The summed E-state index contributed by atoms with van der Waals surface area (Å²) in [6.45, 7) is 2.06. The molecule has 0 aliphatic heterocycles. The van der Waals surface area contributed by atoms with Crippen LogP contribution in [0.4, 0.5) is 0 Å². The molecular weight excluding hydrogens is 206 g/mol. The average molecular weight is 223 g/mol. The molecule has 1 rings (SSSR count). The van der Waals surface area contributed by atoms with Crippen molar-refractivity contribution in [3.8, 4) is 11.5 Å². The molecule has 0 atom stereocenters. The number of nitrogens with zero attached hydrogens (tertiary/aromatic N) is 1. The van der Waals surface area contributed by atoms with Crippen LogP contribution in [0.5, 0.6) is 11.5 Å². The third-order valence-corrected chi connectivity index (χ3v) is 2.40. The van der Waals surface area contributed by atoms with Gasteiger partial charge in [0.15, 0.2) is 0 Å². The molecule has 0 heterocycles. The lowest BCUT2D eigenvalue weighted by Gasteiger charge is -2.08. The molecule has 2 N–H and O–H groups in total. The van der Waals surface area contributed by atoms with Gasteiger partial charge in [0.05, 0.1) is 12.8 Å². The number of oxime groups is 1. The second-order valence-corrected chi connectivity index (χ2v) is 3.53. The molecule has 0 aliphatic rings. The van der Waals surface area contributed by atoms with Crippen molar-refractivity contribution < 1.29 is 15.1 Å². The number of phenolic OH excluding ortho intramolecular Hbond substituents is 1. The summed E-state index contributed by atoms with van der Waals surface area (Å²) in [6.07, 6.45) is 2.55. The van der Waals surface area contributed by atoms with Crippen molar-refractivity contribution in [2.45, 2.75) is 26.2 Å². The quantitative estimate of drug-likeness (QED) is 0.458. The van der Waals surface area contributed by atoms with Gasteiger partial charge in [-0.05, 0) is 31.0 Å².